The lowest BCUT2D eigenvalue weighted by molar-refractivity contribution is -0.307. The zero-order valence-corrected chi connectivity index (χ0v) is 31.7. The van der Waals surface area contributed by atoms with Crippen molar-refractivity contribution in [2.45, 2.75) is 85.6 Å². The summed E-state index contributed by atoms with van der Waals surface area (Å²) in [5.74, 6) is -9.94. The molecule has 0 unspecified atom stereocenters. The molecular weight excluding hydrogens is 706 g/mol. The number of nitrogens with one attached hydrogen (secondary N) is 1. The maximum absolute atomic E-state index is 14.2. The molecule has 5 rings (SSSR count). The molecule has 0 saturated heterocycles. The molecule has 54 heavy (non-hydrogen) atoms. The van der Waals surface area contributed by atoms with E-state index in [-0.39, 0.29) is 44.7 Å². The number of amides is 1. The first kappa shape index (κ1) is 41.6. The molecule has 0 fully saturated rings. The van der Waals surface area contributed by atoms with Gasteiger partial charge in [-0.15, -0.1) is 0 Å². The summed E-state index contributed by atoms with van der Waals surface area (Å²) in [6.45, 7) is 11.3. The number of benzene rings is 2. The zero-order valence-electron chi connectivity index (χ0n) is 31.7. The highest BCUT2D eigenvalue weighted by molar-refractivity contribution is 6.21. The summed E-state index contributed by atoms with van der Waals surface area (Å²) >= 11 is 0. The maximum Gasteiger partial charge on any atom is 0.312 e. The van der Waals surface area contributed by atoms with Crippen LogP contribution in [0.5, 0.6) is 23.0 Å². The van der Waals surface area contributed by atoms with Gasteiger partial charge < -0.3 is 59.3 Å². The lowest BCUT2D eigenvalue weighted by atomic mass is 9.78. The molecule has 15 nitrogen and oxygen atoms in total. The first-order chi connectivity index (χ1) is 25.2. The van der Waals surface area contributed by atoms with E-state index in [0.717, 1.165) is 12.3 Å². The molecule has 0 aromatic heterocycles. The second kappa shape index (κ2) is 16.5. The number of carbonyl (C=O) groups is 4. The van der Waals surface area contributed by atoms with Crippen LogP contribution < -0.4 is 19.9 Å². The summed E-state index contributed by atoms with van der Waals surface area (Å²) in [7, 11) is 1.41. The fraction of sp³-hybridized carbons (Fsp3) is 0.487. The molecular formula is C39H48NO14-. The fourth-order valence-electron chi connectivity index (χ4n) is 6.89. The summed E-state index contributed by atoms with van der Waals surface area (Å²) < 4.78 is 28.8. The molecule has 0 saturated carbocycles. The van der Waals surface area contributed by atoms with Crippen LogP contribution in [0.4, 0.5) is 5.69 Å². The molecule has 2 aromatic carbocycles. The highest BCUT2D eigenvalue weighted by Crippen LogP contribution is 2.54. The Hall–Kier alpha value is -5.12. The molecule has 0 spiro atoms. The largest absolute Gasteiger partial charge is 0.546 e. The van der Waals surface area contributed by atoms with Crippen LogP contribution in [0.2, 0.25) is 0 Å². The standard InChI is InChI=1S/C39H49NO14/c1-17-11-10-12-18(2)38(49)40-24-15-26(51-16-27(42)43)28-29(34(24)47)33(46)22(6)36-30(28)37(48)39(8,54-36)52-14-13-25(50-9)19(3)35(53-23(7)41)21(5)32(45)20(4)31(17)44/h10-15,17,19-21,25,31-32,35,44-47H,16H2,1-9H3,(H,40,49)(H,42,43)/p-1/b11-10+,14-13+,18-12-/t17-,19+,20+,21+,25-,31-,32+,35+,39-/m0/s1. The number of rotatable bonds is 5. The monoisotopic (exact) mass is 754 g/mol. The van der Waals surface area contributed by atoms with E-state index < -0.39 is 95.6 Å². The number of hydrogen-bond acceptors (Lipinski definition) is 14. The third kappa shape index (κ3) is 8.17. The van der Waals surface area contributed by atoms with E-state index in [1.807, 2.05) is 0 Å². The number of phenolic OH excluding ortho intramolecular Hbond substituents is 2. The van der Waals surface area contributed by atoms with Crippen LogP contribution in [0, 0.1) is 30.6 Å². The average molecular weight is 755 g/mol. The van der Waals surface area contributed by atoms with E-state index in [9.17, 15) is 44.7 Å². The van der Waals surface area contributed by atoms with Gasteiger partial charge >= 0.3 is 11.8 Å². The Balaban J connectivity index is 1.93. The van der Waals surface area contributed by atoms with Gasteiger partial charge in [-0.3, -0.25) is 14.4 Å². The molecule has 294 valence electrons. The van der Waals surface area contributed by atoms with E-state index in [1.165, 1.54) is 47.0 Å². The Bertz CT molecular complexity index is 1900. The minimum Gasteiger partial charge on any atom is -0.546 e. The summed E-state index contributed by atoms with van der Waals surface area (Å²) in [6.07, 6.45) is 3.32. The number of aliphatic carboxylic acids is 1. The van der Waals surface area contributed by atoms with Crippen molar-refractivity contribution >= 4 is 40.1 Å². The number of allylic oxidation sites excluding steroid dienone is 2. The number of esters is 1. The second-order valence-corrected chi connectivity index (χ2v) is 14.1. The fourth-order valence-corrected chi connectivity index (χ4v) is 6.89. The molecule has 5 N–H and O–H groups in total. The number of ketones is 1. The minimum absolute atomic E-state index is 0.0178. The number of methoxy groups -OCH3 is 1. The summed E-state index contributed by atoms with van der Waals surface area (Å²) in [6, 6.07) is 1.11. The van der Waals surface area contributed by atoms with E-state index in [4.69, 9.17) is 23.7 Å². The van der Waals surface area contributed by atoms with Crippen molar-refractivity contribution in [3.05, 3.63) is 53.3 Å². The van der Waals surface area contributed by atoms with Crippen molar-refractivity contribution in [2.75, 3.05) is 19.0 Å². The van der Waals surface area contributed by atoms with E-state index in [0.29, 0.717) is 0 Å². The molecule has 0 aliphatic carbocycles. The highest BCUT2D eigenvalue weighted by Gasteiger charge is 2.49. The number of hydrogen-bond donors (Lipinski definition) is 5. The lowest BCUT2D eigenvalue weighted by Gasteiger charge is -2.38. The number of anilines is 1. The van der Waals surface area contributed by atoms with Gasteiger partial charge in [-0.2, -0.15) is 0 Å². The van der Waals surface area contributed by atoms with Crippen LogP contribution in [0.3, 0.4) is 0 Å². The van der Waals surface area contributed by atoms with E-state index >= 15 is 0 Å². The van der Waals surface area contributed by atoms with E-state index in [1.54, 1.807) is 39.8 Å². The third-order valence-corrected chi connectivity index (χ3v) is 10.2. The molecule has 2 aromatic rings. The minimum atomic E-state index is -2.07. The Morgan fingerprint density at radius 1 is 0.981 bits per heavy atom. The second-order valence-electron chi connectivity index (χ2n) is 14.1. The normalized spacial score (nSPS) is 31.5. The van der Waals surface area contributed by atoms with Crippen LogP contribution in [0.1, 0.15) is 64.4 Å². The molecule has 9 atom stereocenters. The molecule has 3 aliphatic rings. The van der Waals surface area contributed by atoms with Gasteiger partial charge in [0, 0.05) is 67.2 Å². The Kier molecular flexibility index (Phi) is 12.7. The van der Waals surface area contributed by atoms with Crippen molar-refractivity contribution in [1.82, 2.24) is 0 Å². The number of aromatic hydroxyl groups is 2. The number of phenols is 2. The summed E-state index contributed by atoms with van der Waals surface area (Å²) in [4.78, 5) is 51.2. The Morgan fingerprint density at radius 3 is 2.26 bits per heavy atom. The van der Waals surface area contributed by atoms with Crippen molar-refractivity contribution in [2.24, 2.45) is 23.7 Å². The topological polar surface area (TPSA) is 230 Å². The number of carbonyl (C=O) groups excluding carboxylic acids is 4. The third-order valence-electron chi connectivity index (χ3n) is 10.2. The summed E-state index contributed by atoms with van der Waals surface area (Å²) in [5.41, 5.74) is -0.314. The zero-order chi connectivity index (χ0) is 40.4. The van der Waals surface area contributed by atoms with Gasteiger partial charge in [0.15, 0.2) is 5.75 Å². The van der Waals surface area contributed by atoms with Gasteiger partial charge in [0.1, 0.15) is 30.0 Å². The molecule has 3 heterocycles. The Labute approximate surface area is 312 Å². The van der Waals surface area contributed by atoms with Crippen molar-refractivity contribution in [3.63, 3.8) is 0 Å². The number of fused-ring (bicyclic) bond motifs is 14. The molecule has 3 aliphatic heterocycles. The predicted octanol–water partition coefficient (Wildman–Crippen LogP) is 3.18. The van der Waals surface area contributed by atoms with Gasteiger partial charge in [0.05, 0.1) is 47.2 Å². The predicted molar refractivity (Wildman–Crippen MR) is 193 cm³/mol. The quantitative estimate of drug-likeness (QED) is 0.218. The van der Waals surface area contributed by atoms with Gasteiger partial charge in [0.25, 0.3) is 11.7 Å². The van der Waals surface area contributed by atoms with Crippen molar-refractivity contribution < 1.29 is 68.4 Å². The molecule has 1 amide bonds. The average Bonchev–Trinajstić information content (AvgIpc) is 3.38. The lowest BCUT2D eigenvalue weighted by Crippen LogP contribution is -2.46. The van der Waals surface area contributed by atoms with Gasteiger partial charge in [-0.25, -0.2) is 0 Å². The molecule has 0 radical (unpaired) electrons. The first-order valence-electron chi connectivity index (χ1n) is 17.4. The van der Waals surface area contributed by atoms with Gasteiger partial charge in [-0.1, -0.05) is 45.9 Å². The van der Waals surface area contributed by atoms with Crippen LogP contribution in [-0.4, -0.2) is 88.0 Å². The highest BCUT2D eigenvalue weighted by atomic mass is 16.7. The van der Waals surface area contributed by atoms with Gasteiger partial charge in [-0.05, 0) is 19.9 Å². The van der Waals surface area contributed by atoms with Crippen molar-refractivity contribution in [3.8, 4) is 23.0 Å². The van der Waals surface area contributed by atoms with E-state index in [2.05, 4.69) is 5.32 Å². The maximum atomic E-state index is 14.2. The number of ether oxygens (including phenoxy) is 5. The molecule has 5 bridgehead atoms. The number of carboxylic acids is 1. The smallest absolute Gasteiger partial charge is 0.312 e. The molecule has 15 heteroatoms. The van der Waals surface area contributed by atoms with Crippen LogP contribution in [-0.2, 0) is 28.6 Å². The van der Waals surface area contributed by atoms with Gasteiger partial charge in [0.2, 0.25) is 0 Å². The number of Topliss-reactive ketones (excluding diaryl/α,β-unsaturated/α-hetero) is 1. The number of aliphatic hydroxyl groups excluding tert-OH is 2. The van der Waals surface area contributed by atoms with Crippen LogP contribution in [0.15, 0.2) is 42.2 Å². The SMILES string of the molecule is CO[C@H]1/C=C/O[C@@]2(C)Oc3c(C)c(O)c4c(O)c(cc(OCC(=O)[O-])c4c3C2=O)NC(=O)/C(C)=C\C=C\[C@H](C)[C@H](O)[C@@H](C)[C@@H](O)[C@@H](C)[C@H](OC(C)=O)[C@@H]1C. The number of carboxylic acid groups (broad SMARTS) is 1. The number of aliphatic hydroxyl groups is 2. The first-order valence-corrected chi connectivity index (χ1v) is 17.4. The van der Waals surface area contributed by atoms with Crippen LogP contribution >= 0.6 is 0 Å². The van der Waals surface area contributed by atoms with Crippen molar-refractivity contribution in [1.29, 1.82) is 0 Å². The summed E-state index contributed by atoms with van der Waals surface area (Å²) in [5, 5.41) is 58.9. The Morgan fingerprint density at radius 2 is 1.65 bits per heavy atom. The van der Waals surface area contributed by atoms with Crippen LogP contribution in [0.25, 0.3) is 10.8 Å².